The van der Waals surface area contributed by atoms with E-state index in [1.54, 1.807) is 12.1 Å². The molecule has 7 heteroatoms. The smallest absolute Gasteiger partial charge is 0.222 e. The molecule has 1 aliphatic heterocycles. The van der Waals surface area contributed by atoms with Gasteiger partial charge in [-0.3, -0.25) is 4.79 Å². The number of anilines is 1. The molecule has 0 N–H and O–H groups in total. The molecule has 162 valence electrons. The molecular formula is C23H30ClFN4O. The number of benzene rings is 1. The molecule has 0 saturated carbocycles. The maximum atomic E-state index is 14.5. The first-order chi connectivity index (χ1) is 14.3. The van der Waals surface area contributed by atoms with Crippen LogP contribution < -0.4 is 4.90 Å². The van der Waals surface area contributed by atoms with Gasteiger partial charge in [0, 0.05) is 66.8 Å². The largest absolute Gasteiger partial charge is 0.353 e. The first-order valence-electron chi connectivity index (χ1n) is 10.7. The van der Waals surface area contributed by atoms with Crippen LogP contribution >= 0.6 is 11.6 Å². The summed E-state index contributed by atoms with van der Waals surface area (Å²) in [5, 5.41) is 0.411. The summed E-state index contributed by atoms with van der Waals surface area (Å²) in [5.74, 6) is 1.67. The van der Waals surface area contributed by atoms with Gasteiger partial charge in [-0.15, -0.1) is 0 Å². The number of aromatic nitrogens is 2. The highest BCUT2D eigenvalue weighted by Crippen LogP contribution is 2.30. The Morgan fingerprint density at radius 2 is 1.83 bits per heavy atom. The van der Waals surface area contributed by atoms with Gasteiger partial charge in [0.05, 0.1) is 0 Å². The minimum Gasteiger partial charge on any atom is -0.353 e. The van der Waals surface area contributed by atoms with Crippen LogP contribution in [0.4, 0.5) is 10.2 Å². The number of rotatable bonds is 6. The van der Waals surface area contributed by atoms with Gasteiger partial charge in [0.15, 0.2) is 0 Å². The number of nitrogens with zero attached hydrogens (tertiary/aromatic N) is 4. The molecular weight excluding hydrogens is 403 g/mol. The van der Waals surface area contributed by atoms with E-state index in [-0.39, 0.29) is 17.6 Å². The maximum Gasteiger partial charge on any atom is 0.222 e. The lowest BCUT2D eigenvalue weighted by Gasteiger charge is -2.36. The van der Waals surface area contributed by atoms with Gasteiger partial charge in [-0.05, 0) is 18.6 Å². The fourth-order valence-corrected chi connectivity index (χ4v) is 4.03. The van der Waals surface area contributed by atoms with E-state index in [4.69, 9.17) is 21.6 Å². The van der Waals surface area contributed by atoms with Gasteiger partial charge in [-0.1, -0.05) is 45.4 Å². The lowest BCUT2D eigenvalue weighted by molar-refractivity contribution is -0.131. The minimum absolute atomic E-state index is 0.174. The van der Waals surface area contributed by atoms with Gasteiger partial charge in [-0.2, -0.15) is 0 Å². The molecule has 1 aromatic carbocycles. The molecule has 5 nitrogen and oxygen atoms in total. The van der Waals surface area contributed by atoms with Crippen LogP contribution in [0.5, 0.6) is 0 Å². The maximum absolute atomic E-state index is 14.5. The van der Waals surface area contributed by atoms with Crippen molar-refractivity contribution >= 4 is 23.3 Å². The van der Waals surface area contributed by atoms with Crippen molar-refractivity contribution in [3.63, 3.8) is 0 Å². The lowest BCUT2D eigenvalue weighted by atomic mass is 10.0. The number of halogens is 2. The summed E-state index contributed by atoms with van der Waals surface area (Å²) in [6, 6.07) is 4.76. The van der Waals surface area contributed by atoms with Crippen LogP contribution in [0, 0.1) is 5.82 Å². The molecule has 1 amide bonds. The Balaban J connectivity index is 2.02. The molecule has 2 heterocycles. The van der Waals surface area contributed by atoms with E-state index >= 15 is 0 Å². The molecule has 1 saturated heterocycles. The predicted molar refractivity (Wildman–Crippen MR) is 119 cm³/mol. The van der Waals surface area contributed by atoms with E-state index < -0.39 is 0 Å². The van der Waals surface area contributed by atoms with Gasteiger partial charge in [0.25, 0.3) is 0 Å². The second-order valence-electron chi connectivity index (χ2n) is 7.94. The number of carbonyl (C=O) groups excluding carboxylic acids is 1. The zero-order valence-electron chi connectivity index (χ0n) is 18.2. The summed E-state index contributed by atoms with van der Waals surface area (Å²) in [6.45, 7) is 10.8. The summed E-state index contributed by atoms with van der Waals surface area (Å²) in [4.78, 5) is 25.9. The number of hydrogen-bond acceptors (Lipinski definition) is 4. The van der Waals surface area contributed by atoms with Gasteiger partial charge < -0.3 is 9.80 Å². The van der Waals surface area contributed by atoms with Crippen molar-refractivity contribution in [3.8, 4) is 0 Å². The molecule has 1 fully saturated rings. The van der Waals surface area contributed by atoms with Crippen LogP contribution in [0.1, 0.15) is 62.7 Å². The Morgan fingerprint density at radius 3 is 2.40 bits per heavy atom. The number of piperazine rings is 1. The molecule has 1 aromatic heterocycles. The van der Waals surface area contributed by atoms with Crippen molar-refractivity contribution in [2.75, 3.05) is 31.1 Å². The Hall–Kier alpha value is -2.21. The molecule has 0 unspecified atom stereocenters. The van der Waals surface area contributed by atoms with Gasteiger partial charge in [0.1, 0.15) is 17.5 Å². The van der Waals surface area contributed by atoms with E-state index in [0.717, 1.165) is 29.3 Å². The third-order valence-electron chi connectivity index (χ3n) is 5.59. The summed E-state index contributed by atoms with van der Waals surface area (Å²) in [7, 11) is 0. The minimum atomic E-state index is -0.318. The lowest BCUT2D eigenvalue weighted by Crippen LogP contribution is -2.49. The van der Waals surface area contributed by atoms with Crippen LogP contribution in [-0.4, -0.2) is 47.0 Å². The molecule has 2 aromatic rings. The van der Waals surface area contributed by atoms with E-state index in [1.165, 1.54) is 6.07 Å². The van der Waals surface area contributed by atoms with Crippen molar-refractivity contribution < 1.29 is 9.18 Å². The first-order valence-corrected chi connectivity index (χ1v) is 11.1. The summed E-state index contributed by atoms with van der Waals surface area (Å²) in [6.07, 6.45) is 1.59. The number of hydrogen-bond donors (Lipinski definition) is 0. The van der Waals surface area contributed by atoms with Crippen LogP contribution in [0.15, 0.2) is 18.2 Å². The first kappa shape index (κ1) is 22.5. The highest BCUT2D eigenvalue weighted by Gasteiger charge is 2.26. The van der Waals surface area contributed by atoms with E-state index in [9.17, 15) is 9.18 Å². The topological polar surface area (TPSA) is 49.3 Å². The Labute approximate surface area is 183 Å². The molecule has 0 bridgehead atoms. The van der Waals surface area contributed by atoms with Crippen molar-refractivity contribution in [2.24, 2.45) is 0 Å². The predicted octanol–water partition coefficient (Wildman–Crippen LogP) is 4.60. The molecule has 1 aliphatic rings. The van der Waals surface area contributed by atoms with Crippen LogP contribution in [0.2, 0.25) is 5.02 Å². The fraction of sp³-hybridized carbons (Fsp3) is 0.522. The zero-order valence-corrected chi connectivity index (χ0v) is 19.0. The molecule has 30 heavy (non-hydrogen) atoms. The monoisotopic (exact) mass is 432 g/mol. The number of aryl methyl sites for hydroxylation is 1. The average molecular weight is 433 g/mol. The Morgan fingerprint density at radius 1 is 1.13 bits per heavy atom. The van der Waals surface area contributed by atoms with E-state index in [0.29, 0.717) is 49.6 Å². The molecule has 0 radical (unpaired) electrons. The quantitative estimate of drug-likeness (QED) is 0.669. The average Bonchev–Trinajstić information content (AvgIpc) is 2.75. The normalized spacial score (nSPS) is 14.5. The highest BCUT2D eigenvalue weighted by atomic mass is 35.5. The summed E-state index contributed by atoms with van der Waals surface area (Å²) in [5.41, 5.74) is 2.31. The van der Waals surface area contributed by atoms with Crippen LogP contribution in [0.25, 0.3) is 0 Å². The Kier molecular flexibility index (Phi) is 7.29. The van der Waals surface area contributed by atoms with Crippen molar-refractivity contribution in [1.82, 2.24) is 14.9 Å². The number of carbonyl (C=O) groups is 1. The second-order valence-corrected chi connectivity index (χ2v) is 8.34. The van der Waals surface area contributed by atoms with Crippen molar-refractivity contribution in [1.29, 1.82) is 0 Å². The SMILES string of the molecule is CCC(=O)N1CCN(c2nc(C(C)C)nc(CC)c2Cc2c(F)cccc2Cl)CC1. The van der Waals surface area contributed by atoms with Crippen LogP contribution in [0.3, 0.4) is 0 Å². The standard InChI is InChI=1S/C23H30ClFN4O/c1-5-20-17(14-16-18(24)8-7-9-19(16)25)23(27-22(26-20)15(3)4)29-12-10-28(11-13-29)21(30)6-2/h7-9,15H,5-6,10-14H2,1-4H3. The molecule has 0 spiro atoms. The number of amides is 1. The van der Waals surface area contributed by atoms with Crippen molar-refractivity contribution in [2.45, 2.75) is 52.9 Å². The van der Waals surface area contributed by atoms with Gasteiger partial charge >= 0.3 is 0 Å². The Bertz CT molecular complexity index is 890. The molecule has 0 aliphatic carbocycles. The summed E-state index contributed by atoms with van der Waals surface area (Å²) < 4.78 is 14.5. The molecule has 0 atom stereocenters. The fourth-order valence-electron chi connectivity index (χ4n) is 3.80. The van der Waals surface area contributed by atoms with Gasteiger partial charge in [-0.25, -0.2) is 14.4 Å². The van der Waals surface area contributed by atoms with E-state index in [1.807, 2.05) is 11.8 Å². The van der Waals surface area contributed by atoms with E-state index in [2.05, 4.69) is 25.7 Å². The summed E-state index contributed by atoms with van der Waals surface area (Å²) >= 11 is 6.33. The highest BCUT2D eigenvalue weighted by molar-refractivity contribution is 6.31. The van der Waals surface area contributed by atoms with Crippen LogP contribution in [-0.2, 0) is 17.6 Å². The molecule has 3 rings (SSSR count). The third-order valence-corrected chi connectivity index (χ3v) is 5.94. The third kappa shape index (κ3) is 4.75. The second kappa shape index (κ2) is 9.73. The zero-order chi connectivity index (χ0) is 21.8. The van der Waals surface area contributed by atoms with Gasteiger partial charge in [0.2, 0.25) is 5.91 Å². The van der Waals surface area contributed by atoms with Crippen molar-refractivity contribution in [3.05, 3.63) is 51.7 Å².